The van der Waals surface area contributed by atoms with Crippen molar-refractivity contribution >= 4 is 11.0 Å². The van der Waals surface area contributed by atoms with E-state index in [1.165, 1.54) is 11.6 Å². The largest absolute Gasteiger partial charge is 0.473 e. The Kier molecular flexibility index (Phi) is 7.36. The Morgan fingerprint density at radius 3 is 2.57 bits per heavy atom. The quantitative estimate of drug-likeness (QED) is 0.175. The fourth-order valence-electron chi connectivity index (χ4n) is 6.32. The molecule has 3 aliphatic rings. The van der Waals surface area contributed by atoms with Crippen molar-refractivity contribution < 1.29 is 18.3 Å². The molecule has 1 atom stereocenters. The number of imidazole rings is 1. The average Bonchev–Trinajstić information content (AvgIpc) is 3.66. The summed E-state index contributed by atoms with van der Waals surface area (Å²) in [6.07, 6.45) is 7.33. The first-order valence-corrected chi connectivity index (χ1v) is 15.8. The molecule has 2 aliphatic heterocycles. The van der Waals surface area contributed by atoms with Gasteiger partial charge < -0.3 is 18.5 Å². The van der Waals surface area contributed by atoms with Crippen molar-refractivity contribution in [2.75, 3.05) is 19.7 Å². The molecule has 8 rings (SSSR count). The highest BCUT2D eigenvalue weighted by atomic mass is 19.1. The summed E-state index contributed by atoms with van der Waals surface area (Å²) in [6, 6.07) is 19.4. The molecule has 5 heterocycles. The fourth-order valence-corrected chi connectivity index (χ4v) is 6.32. The molecule has 226 valence electrons. The van der Waals surface area contributed by atoms with Gasteiger partial charge >= 0.3 is 0 Å². The number of hydrogen-bond acceptors (Lipinski definition) is 7. The number of halogens is 1. The van der Waals surface area contributed by atoms with Gasteiger partial charge in [-0.15, -0.1) is 0 Å². The van der Waals surface area contributed by atoms with Crippen LogP contribution in [-0.2, 0) is 24.4 Å². The van der Waals surface area contributed by atoms with Crippen LogP contribution < -0.4 is 4.74 Å². The summed E-state index contributed by atoms with van der Waals surface area (Å²) in [4.78, 5) is 16.6. The molecular weight excluding hydrogens is 557 g/mol. The summed E-state index contributed by atoms with van der Waals surface area (Å²) >= 11 is 0. The van der Waals surface area contributed by atoms with E-state index in [-0.39, 0.29) is 18.5 Å². The number of benzene rings is 2. The van der Waals surface area contributed by atoms with Crippen molar-refractivity contribution in [2.24, 2.45) is 0 Å². The molecule has 2 aromatic carbocycles. The zero-order valence-corrected chi connectivity index (χ0v) is 24.7. The number of rotatable bonds is 10. The Labute approximate surface area is 255 Å². The van der Waals surface area contributed by atoms with Crippen LogP contribution in [-0.4, -0.2) is 50.2 Å². The maximum absolute atomic E-state index is 15.0. The van der Waals surface area contributed by atoms with E-state index in [0.29, 0.717) is 34.6 Å². The molecule has 0 spiro atoms. The van der Waals surface area contributed by atoms with Gasteiger partial charge in [-0.3, -0.25) is 4.90 Å². The number of pyridine rings is 1. The third-order valence-corrected chi connectivity index (χ3v) is 9.19. The number of nitrogens with zero attached hydrogens (tertiary/aromatic N) is 5. The number of fused-ring (bicyclic) bond motifs is 1. The van der Waals surface area contributed by atoms with E-state index in [1.807, 2.05) is 18.2 Å². The number of piperidine rings is 1. The normalized spacial score (nSPS) is 19.3. The van der Waals surface area contributed by atoms with Gasteiger partial charge in [-0.05, 0) is 69.5 Å². The average molecular weight is 594 g/mol. The summed E-state index contributed by atoms with van der Waals surface area (Å²) < 4.78 is 34.9. The molecule has 44 heavy (non-hydrogen) atoms. The van der Waals surface area contributed by atoms with Crippen molar-refractivity contribution in [1.82, 2.24) is 24.4 Å². The molecule has 3 fully saturated rings. The van der Waals surface area contributed by atoms with E-state index >= 15 is 0 Å². The third-order valence-electron chi connectivity index (χ3n) is 9.19. The molecule has 1 aliphatic carbocycles. The van der Waals surface area contributed by atoms with E-state index in [1.54, 1.807) is 12.3 Å². The topological polar surface area (TPSA) is 78.4 Å². The second-order valence-electron chi connectivity index (χ2n) is 12.3. The van der Waals surface area contributed by atoms with Crippen molar-refractivity contribution in [3.63, 3.8) is 0 Å². The molecule has 0 bridgehead atoms. The zero-order valence-electron chi connectivity index (χ0n) is 24.7. The minimum Gasteiger partial charge on any atom is -0.473 e. The Hall–Kier alpha value is -4.08. The van der Waals surface area contributed by atoms with E-state index in [0.717, 1.165) is 87.8 Å². The van der Waals surface area contributed by atoms with Crippen LogP contribution in [0.5, 0.6) is 5.88 Å². The molecule has 9 heteroatoms. The molecular formula is C35H36FN5O3. The smallest absolute Gasteiger partial charge is 0.213 e. The van der Waals surface area contributed by atoms with Crippen molar-refractivity contribution in [3.8, 4) is 17.2 Å². The van der Waals surface area contributed by atoms with Crippen LogP contribution in [0.25, 0.3) is 22.4 Å². The SMILES string of the molecule is Fc1cc(-c2cnc(C3CC3)o2)ccc1COc1cccc(C2CCN(Cc3nc4ccccc4n3C[C@@H]3CCO3)CC2)n1. The molecule has 2 saturated heterocycles. The summed E-state index contributed by atoms with van der Waals surface area (Å²) in [5.41, 5.74) is 4.42. The van der Waals surface area contributed by atoms with Crippen LogP contribution in [0, 0.1) is 5.82 Å². The van der Waals surface area contributed by atoms with Crippen LogP contribution >= 0.6 is 0 Å². The van der Waals surface area contributed by atoms with Gasteiger partial charge in [-0.2, -0.15) is 0 Å². The minimum absolute atomic E-state index is 0.109. The molecule has 5 aromatic rings. The van der Waals surface area contributed by atoms with Crippen molar-refractivity contribution in [3.05, 3.63) is 95.7 Å². The summed E-state index contributed by atoms with van der Waals surface area (Å²) in [7, 11) is 0. The van der Waals surface area contributed by atoms with Gasteiger partial charge in [0.15, 0.2) is 11.7 Å². The lowest BCUT2D eigenvalue weighted by molar-refractivity contribution is -0.0592. The molecule has 0 unspecified atom stereocenters. The van der Waals surface area contributed by atoms with Gasteiger partial charge in [0.1, 0.15) is 18.2 Å². The highest BCUT2D eigenvalue weighted by Gasteiger charge is 2.29. The summed E-state index contributed by atoms with van der Waals surface area (Å²) in [5, 5.41) is 0. The van der Waals surface area contributed by atoms with Gasteiger partial charge in [-0.1, -0.05) is 30.3 Å². The van der Waals surface area contributed by atoms with Crippen LogP contribution in [0.4, 0.5) is 4.39 Å². The monoisotopic (exact) mass is 593 g/mol. The number of ether oxygens (including phenoxy) is 2. The van der Waals surface area contributed by atoms with Gasteiger partial charge in [-0.25, -0.2) is 19.3 Å². The first-order valence-electron chi connectivity index (χ1n) is 15.8. The van der Waals surface area contributed by atoms with Gasteiger partial charge in [0.2, 0.25) is 5.88 Å². The Morgan fingerprint density at radius 1 is 0.909 bits per heavy atom. The molecule has 0 radical (unpaired) electrons. The maximum atomic E-state index is 15.0. The van der Waals surface area contributed by atoms with E-state index in [2.05, 4.69) is 44.8 Å². The lowest BCUT2D eigenvalue weighted by Crippen LogP contribution is -2.35. The molecule has 0 amide bonds. The number of likely N-dealkylation sites (tertiary alicyclic amines) is 1. The first-order chi connectivity index (χ1) is 21.7. The minimum atomic E-state index is -0.329. The van der Waals surface area contributed by atoms with E-state index in [9.17, 15) is 4.39 Å². The van der Waals surface area contributed by atoms with E-state index < -0.39 is 0 Å². The zero-order chi connectivity index (χ0) is 29.5. The predicted octanol–water partition coefficient (Wildman–Crippen LogP) is 6.85. The van der Waals surface area contributed by atoms with Gasteiger partial charge in [0, 0.05) is 41.3 Å². The Balaban J connectivity index is 0.879. The summed E-state index contributed by atoms with van der Waals surface area (Å²) in [5.74, 6) is 3.42. The standard InChI is InChI=1S/C35H36FN5O3/c36-28-18-25(32-19-37-35(44-32)24-8-9-24)10-11-26(28)22-43-34-7-3-5-29(39-34)23-12-15-40(16-13-23)21-33-38-30-4-1-2-6-31(30)41(33)20-27-14-17-42-27/h1-7,10-11,18-19,23-24,27H,8-9,12-17,20-22H2/t27-/m0/s1. The first kappa shape index (κ1) is 27.5. The lowest BCUT2D eigenvalue weighted by atomic mass is 9.93. The maximum Gasteiger partial charge on any atom is 0.213 e. The summed E-state index contributed by atoms with van der Waals surface area (Å²) in [6.45, 7) is 4.61. The second-order valence-corrected chi connectivity index (χ2v) is 12.3. The molecule has 0 N–H and O–H groups in total. The number of hydrogen-bond donors (Lipinski definition) is 0. The Bertz CT molecular complexity index is 1770. The van der Waals surface area contributed by atoms with Crippen LogP contribution in [0.2, 0.25) is 0 Å². The van der Waals surface area contributed by atoms with Crippen LogP contribution in [0.15, 0.2) is 71.3 Å². The van der Waals surface area contributed by atoms with Crippen LogP contribution in [0.1, 0.15) is 66.9 Å². The number of aromatic nitrogens is 4. The van der Waals surface area contributed by atoms with Crippen molar-refractivity contribution in [1.29, 1.82) is 0 Å². The Morgan fingerprint density at radius 2 is 1.77 bits per heavy atom. The molecule has 3 aromatic heterocycles. The number of oxazole rings is 1. The van der Waals surface area contributed by atoms with Crippen molar-refractivity contribution in [2.45, 2.75) is 69.7 Å². The highest BCUT2D eigenvalue weighted by Crippen LogP contribution is 2.40. The highest BCUT2D eigenvalue weighted by molar-refractivity contribution is 5.75. The molecule has 1 saturated carbocycles. The lowest BCUT2D eigenvalue weighted by Gasteiger charge is -2.32. The van der Waals surface area contributed by atoms with E-state index in [4.69, 9.17) is 23.9 Å². The third kappa shape index (κ3) is 5.74. The fraction of sp³-hybridized carbons (Fsp3) is 0.400. The van der Waals surface area contributed by atoms with Gasteiger partial charge in [0.25, 0.3) is 0 Å². The van der Waals surface area contributed by atoms with Gasteiger partial charge in [0.05, 0.1) is 36.4 Å². The second kappa shape index (κ2) is 11.8. The van der Waals surface area contributed by atoms with Crippen LogP contribution in [0.3, 0.4) is 0 Å². The predicted molar refractivity (Wildman–Crippen MR) is 164 cm³/mol. The number of para-hydroxylation sites is 2. The molecule has 8 nitrogen and oxygen atoms in total.